The standard InChI is InChI=1S/C18H19N3O4S/c1-24-9-3-8-19-16(22)14-10-20-18-21(17(14)23)15(11-26-18)12-4-6-13(25-2)7-5-12/h4-7,10-11H,3,8-9H2,1-2H3,(H,19,22). The van der Waals surface area contributed by atoms with E-state index in [4.69, 9.17) is 9.47 Å². The number of benzene rings is 1. The third-order valence-corrected chi connectivity index (χ3v) is 4.73. The molecule has 2 heterocycles. The molecule has 8 heteroatoms. The Morgan fingerprint density at radius 1 is 1.27 bits per heavy atom. The Balaban J connectivity index is 1.94. The van der Waals surface area contributed by atoms with E-state index in [0.29, 0.717) is 30.2 Å². The fraction of sp³-hybridized carbons (Fsp3) is 0.278. The van der Waals surface area contributed by atoms with Gasteiger partial charge in [0.1, 0.15) is 11.3 Å². The molecule has 0 aliphatic rings. The molecule has 3 aromatic rings. The highest BCUT2D eigenvalue weighted by molar-refractivity contribution is 7.15. The second-order valence-corrected chi connectivity index (χ2v) is 6.38. The lowest BCUT2D eigenvalue weighted by Crippen LogP contribution is -2.32. The molecule has 0 unspecified atom stereocenters. The molecule has 7 nitrogen and oxygen atoms in total. The summed E-state index contributed by atoms with van der Waals surface area (Å²) < 4.78 is 11.6. The average Bonchev–Trinajstić information content (AvgIpc) is 3.10. The smallest absolute Gasteiger partial charge is 0.271 e. The number of carbonyl (C=O) groups is 1. The van der Waals surface area contributed by atoms with Gasteiger partial charge in [-0.2, -0.15) is 0 Å². The van der Waals surface area contributed by atoms with Crippen molar-refractivity contribution < 1.29 is 14.3 Å². The molecule has 1 amide bonds. The predicted octanol–water partition coefficient (Wildman–Crippen LogP) is 2.20. The van der Waals surface area contributed by atoms with Gasteiger partial charge in [-0.25, -0.2) is 4.98 Å². The van der Waals surface area contributed by atoms with Crippen LogP contribution in [-0.2, 0) is 4.74 Å². The van der Waals surface area contributed by atoms with E-state index in [9.17, 15) is 9.59 Å². The highest BCUT2D eigenvalue weighted by Gasteiger charge is 2.16. The second kappa shape index (κ2) is 8.11. The first kappa shape index (κ1) is 18.1. The maximum atomic E-state index is 12.9. The summed E-state index contributed by atoms with van der Waals surface area (Å²) in [5.41, 5.74) is 1.18. The Hall–Kier alpha value is -2.71. The number of nitrogens with zero attached hydrogens (tertiary/aromatic N) is 2. The summed E-state index contributed by atoms with van der Waals surface area (Å²) in [4.78, 5) is 30.0. The molecular formula is C18H19N3O4S. The molecule has 0 saturated heterocycles. The van der Waals surface area contributed by atoms with Gasteiger partial charge in [0.25, 0.3) is 11.5 Å². The number of nitrogens with one attached hydrogen (secondary N) is 1. The zero-order valence-corrected chi connectivity index (χ0v) is 15.3. The highest BCUT2D eigenvalue weighted by atomic mass is 32.1. The van der Waals surface area contributed by atoms with Crippen molar-refractivity contribution in [3.63, 3.8) is 0 Å². The van der Waals surface area contributed by atoms with Crippen molar-refractivity contribution in [3.8, 4) is 17.0 Å². The summed E-state index contributed by atoms with van der Waals surface area (Å²) in [6.45, 7) is 0.979. The number of methoxy groups -OCH3 is 2. The van der Waals surface area contributed by atoms with Gasteiger partial charge in [-0.3, -0.25) is 14.0 Å². The molecule has 26 heavy (non-hydrogen) atoms. The quantitative estimate of drug-likeness (QED) is 0.642. The lowest BCUT2D eigenvalue weighted by molar-refractivity contribution is 0.0946. The summed E-state index contributed by atoms with van der Waals surface area (Å²) in [6.07, 6.45) is 2.01. The first-order valence-corrected chi connectivity index (χ1v) is 8.94. The van der Waals surface area contributed by atoms with Crippen molar-refractivity contribution in [1.29, 1.82) is 0 Å². The lowest BCUT2D eigenvalue weighted by Gasteiger charge is -2.06. The number of fused-ring (bicyclic) bond motifs is 1. The van der Waals surface area contributed by atoms with E-state index in [0.717, 1.165) is 11.3 Å². The molecule has 136 valence electrons. The van der Waals surface area contributed by atoms with E-state index in [1.54, 1.807) is 14.2 Å². The van der Waals surface area contributed by atoms with Crippen LogP contribution >= 0.6 is 11.3 Å². The minimum atomic E-state index is -0.431. The molecule has 3 rings (SSSR count). The van der Waals surface area contributed by atoms with Crippen LogP contribution in [0.25, 0.3) is 16.2 Å². The number of hydrogen-bond acceptors (Lipinski definition) is 6. The molecule has 0 aliphatic heterocycles. The van der Waals surface area contributed by atoms with Crippen LogP contribution in [0.2, 0.25) is 0 Å². The molecule has 1 aromatic carbocycles. The van der Waals surface area contributed by atoms with Crippen molar-refractivity contribution in [2.24, 2.45) is 0 Å². The van der Waals surface area contributed by atoms with Crippen molar-refractivity contribution >= 4 is 22.2 Å². The molecule has 0 aliphatic carbocycles. The van der Waals surface area contributed by atoms with E-state index >= 15 is 0 Å². The summed E-state index contributed by atoms with van der Waals surface area (Å²) in [5, 5.41) is 4.57. The first-order chi connectivity index (χ1) is 12.7. The normalized spacial score (nSPS) is 10.8. The minimum absolute atomic E-state index is 0.0214. The van der Waals surface area contributed by atoms with Crippen molar-refractivity contribution in [2.45, 2.75) is 6.42 Å². The number of aromatic nitrogens is 2. The van der Waals surface area contributed by atoms with E-state index in [1.807, 2.05) is 29.6 Å². The SMILES string of the molecule is COCCCNC(=O)c1cnc2scc(-c3ccc(OC)cc3)n2c1=O. The molecule has 0 saturated carbocycles. The molecule has 2 aromatic heterocycles. The summed E-state index contributed by atoms with van der Waals surface area (Å²) in [7, 11) is 3.20. The van der Waals surface area contributed by atoms with Gasteiger partial charge in [0, 0.05) is 31.8 Å². The minimum Gasteiger partial charge on any atom is -0.497 e. The van der Waals surface area contributed by atoms with Crippen molar-refractivity contribution in [1.82, 2.24) is 14.7 Å². The Morgan fingerprint density at radius 2 is 2.04 bits per heavy atom. The number of ether oxygens (including phenoxy) is 2. The number of thiazole rings is 1. The largest absolute Gasteiger partial charge is 0.497 e. The van der Waals surface area contributed by atoms with E-state index in [1.165, 1.54) is 21.9 Å². The van der Waals surface area contributed by atoms with Crippen LogP contribution in [-0.4, -0.2) is 42.7 Å². The van der Waals surface area contributed by atoms with E-state index in [-0.39, 0.29) is 11.1 Å². The third kappa shape index (κ3) is 3.61. The fourth-order valence-electron chi connectivity index (χ4n) is 2.53. The average molecular weight is 373 g/mol. The highest BCUT2D eigenvalue weighted by Crippen LogP contribution is 2.25. The zero-order valence-electron chi connectivity index (χ0n) is 14.5. The summed E-state index contributed by atoms with van der Waals surface area (Å²) in [6, 6.07) is 7.38. The van der Waals surface area contributed by atoms with Crippen LogP contribution in [0.1, 0.15) is 16.8 Å². The van der Waals surface area contributed by atoms with Gasteiger partial charge < -0.3 is 14.8 Å². The molecule has 0 atom stereocenters. The molecule has 0 bridgehead atoms. The summed E-state index contributed by atoms with van der Waals surface area (Å²) in [5.74, 6) is 0.301. The van der Waals surface area contributed by atoms with Gasteiger partial charge >= 0.3 is 0 Å². The number of hydrogen-bond donors (Lipinski definition) is 1. The topological polar surface area (TPSA) is 81.9 Å². The van der Waals surface area contributed by atoms with Crippen LogP contribution in [0.4, 0.5) is 0 Å². The lowest BCUT2D eigenvalue weighted by atomic mass is 10.1. The van der Waals surface area contributed by atoms with Crippen molar-refractivity contribution in [3.05, 3.63) is 51.8 Å². The van der Waals surface area contributed by atoms with Crippen LogP contribution in [0.5, 0.6) is 5.75 Å². The summed E-state index contributed by atoms with van der Waals surface area (Å²) >= 11 is 1.35. The molecule has 0 fully saturated rings. The first-order valence-electron chi connectivity index (χ1n) is 8.06. The van der Waals surface area contributed by atoms with Gasteiger partial charge in [-0.1, -0.05) is 0 Å². The van der Waals surface area contributed by atoms with Gasteiger partial charge in [0.15, 0.2) is 4.96 Å². The maximum absolute atomic E-state index is 12.9. The third-order valence-electron chi connectivity index (χ3n) is 3.89. The Morgan fingerprint density at radius 3 is 2.73 bits per heavy atom. The fourth-order valence-corrected chi connectivity index (χ4v) is 3.38. The van der Waals surface area contributed by atoms with Crippen LogP contribution in [0.3, 0.4) is 0 Å². The number of amides is 1. The monoisotopic (exact) mass is 373 g/mol. The van der Waals surface area contributed by atoms with Crippen LogP contribution in [0.15, 0.2) is 40.6 Å². The number of rotatable bonds is 7. The van der Waals surface area contributed by atoms with Gasteiger partial charge in [-0.15, -0.1) is 11.3 Å². The number of carbonyl (C=O) groups excluding carboxylic acids is 1. The van der Waals surface area contributed by atoms with E-state index in [2.05, 4.69) is 10.3 Å². The van der Waals surface area contributed by atoms with Crippen molar-refractivity contribution in [2.75, 3.05) is 27.4 Å². The molecule has 0 spiro atoms. The van der Waals surface area contributed by atoms with Crippen LogP contribution in [0, 0.1) is 0 Å². The Bertz CT molecular complexity index is 963. The van der Waals surface area contributed by atoms with Gasteiger partial charge in [-0.05, 0) is 36.2 Å². The Kier molecular flexibility index (Phi) is 5.65. The maximum Gasteiger partial charge on any atom is 0.271 e. The predicted molar refractivity (Wildman–Crippen MR) is 100 cm³/mol. The Labute approximate surface area is 154 Å². The molecule has 0 radical (unpaired) electrons. The molecular weight excluding hydrogens is 354 g/mol. The zero-order chi connectivity index (χ0) is 18.5. The second-order valence-electron chi connectivity index (χ2n) is 5.55. The van der Waals surface area contributed by atoms with Crippen LogP contribution < -0.4 is 15.6 Å². The van der Waals surface area contributed by atoms with E-state index < -0.39 is 5.91 Å². The van der Waals surface area contributed by atoms with Gasteiger partial charge in [0.05, 0.1) is 12.8 Å². The van der Waals surface area contributed by atoms with Gasteiger partial charge in [0.2, 0.25) is 0 Å². The molecule has 1 N–H and O–H groups in total.